The van der Waals surface area contributed by atoms with E-state index in [4.69, 9.17) is 5.11 Å². The van der Waals surface area contributed by atoms with Crippen molar-refractivity contribution in [3.8, 4) is 0 Å². The van der Waals surface area contributed by atoms with Crippen molar-refractivity contribution in [2.75, 3.05) is 11.9 Å². The standard InChI is InChI=1S/C16H22N2O3/c1-2-12-6-8-13(9-7-12)17-16(21)18-10-4-3-5-14(18)11-15(19)20/h6-9,14H,2-5,10-11H2,1H3,(H,17,21)(H,19,20). The van der Waals surface area contributed by atoms with Crippen LogP contribution >= 0.6 is 0 Å². The van der Waals surface area contributed by atoms with E-state index in [-0.39, 0.29) is 18.5 Å². The topological polar surface area (TPSA) is 69.6 Å². The quantitative estimate of drug-likeness (QED) is 0.895. The van der Waals surface area contributed by atoms with Crippen LogP contribution in [0.25, 0.3) is 0 Å². The lowest BCUT2D eigenvalue weighted by molar-refractivity contribution is -0.138. The first-order chi connectivity index (χ1) is 10.1. The van der Waals surface area contributed by atoms with Gasteiger partial charge in [0.1, 0.15) is 0 Å². The molecule has 1 saturated heterocycles. The minimum absolute atomic E-state index is 0.0161. The van der Waals surface area contributed by atoms with Gasteiger partial charge in [-0.15, -0.1) is 0 Å². The minimum atomic E-state index is -0.855. The van der Waals surface area contributed by atoms with E-state index < -0.39 is 5.97 Å². The van der Waals surface area contributed by atoms with Gasteiger partial charge in [0.15, 0.2) is 0 Å². The zero-order valence-corrected chi connectivity index (χ0v) is 12.3. The first kappa shape index (κ1) is 15.4. The molecule has 1 heterocycles. The predicted molar refractivity (Wildman–Crippen MR) is 81.4 cm³/mol. The number of urea groups is 1. The number of hydrogen-bond donors (Lipinski definition) is 2. The Balaban J connectivity index is 2.00. The summed E-state index contributed by atoms with van der Waals surface area (Å²) in [4.78, 5) is 24.9. The van der Waals surface area contributed by atoms with Crippen LogP contribution < -0.4 is 5.32 Å². The molecule has 2 rings (SSSR count). The Kier molecular flexibility index (Phi) is 5.20. The highest BCUT2D eigenvalue weighted by Crippen LogP contribution is 2.21. The van der Waals surface area contributed by atoms with E-state index in [1.807, 2.05) is 24.3 Å². The molecule has 1 atom stereocenters. The van der Waals surface area contributed by atoms with Crippen molar-refractivity contribution in [3.63, 3.8) is 0 Å². The number of benzene rings is 1. The number of nitrogens with one attached hydrogen (secondary N) is 1. The molecule has 0 aromatic heterocycles. The Bertz CT molecular complexity index is 499. The highest BCUT2D eigenvalue weighted by Gasteiger charge is 2.28. The van der Waals surface area contributed by atoms with E-state index in [0.29, 0.717) is 6.54 Å². The highest BCUT2D eigenvalue weighted by molar-refractivity contribution is 5.90. The van der Waals surface area contributed by atoms with Crippen molar-refractivity contribution < 1.29 is 14.7 Å². The van der Waals surface area contributed by atoms with Gasteiger partial charge in [0.2, 0.25) is 0 Å². The van der Waals surface area contributed by atoms with E-state index in [1.54, 1.807) is 4.90 Å². The first-order valence-electron chi connectivity index (χ1n) is 7.48. The molecular formula is C16H22N2O3. The third-order valence-electron chi connectivity index (χ3n) is 3.91. The Morgan fingerprint density at radius 2 is 2.00 bits per heavy atom. The van der Waals surface area contributed by atoms with Crippen molar-refractivity contribution in [1.29, 1.82) is 0 Å². The zero-order valence-electron chi connectivity index (χ0n) is 12.3. The van der Waals surface area contributed by atoms with E-state index in [1.165, 1.54) is 5.56 Å². The molecule has 0 aliphatic carbocycles. The molecule has 21 heavy (non-hydrogen) atoms. The fraction of sp³-hybridized carbons (Fsp3) is 0.500. The Morgan fingerprint density at radius 1 is 1.29 bits per heavy atom. The molecule has 1 aliphatic rings. The predicted octanol–water partition coefficient (Wildman–Crippen LogP) is 3.11. The number of carboxylic acid groups (broad SMARTS) is 1. The fourth-order valence-corrected chi connectivity index (χ4v) is 2.70. The van der Waals surface area contributed by atoms with Gasteiger partial charge < -0.3 is 15.3 Å². The maximum Gasteiger partial charge on any atom is 0.322 e. The Labute approximate surface area is 125 Å². The third-order valence-corrected chi connectivity index (χ3v) is 3.91. The van der Waals surface area contributed by atoms with Gasteiger partial charge in [-0.1, -0.05) is 19.1 Å². The maximum absolute atomic E-state index is 12.3. The summed E-state index contributed by atoms with van der Waals surface area (Å²) in [5.41, 5.74) is 1.96. The summed E-state index contributed by atoms with van der Waals surface area (Å²) in [6, 6.07) is 7.33. The number of likely N-dealkylation sites (tertiary alicyclic amines) is 1. The number of carboxylic acids is 1. The molecule has 1 aromatic rings. The summed E-state index contributed by atoms with van der Waals surface area (Å²) in [6.45, 7) is 2.70. The highest BCUT2D eigenvalue weighted by atomic mass is 16.4. The van der Waals surface area contributed by atoms with Crippen LogP contribution in [0.4, 0.5) is 10.5 Å². The molecule has 1 unspecified atom stereocenters. The smallest absolute Gasteiger partial charge is 0.322 e. The van der Waals surface area contributed by atoms with Gasteiger partial charge in [0, 0.05) is 18.3 Å². The van der Waals surface area contributed by atoms with E-state index in [0.717, 1.165) is 31.4 Å². The zero-order chi connectivity index (χ0) is 15.2. The molecule has 1 aromatic carbocycles. The summed E-state index contributed by atoms with van der Waals surface area (Å²) >= 11 is 0. The van der Waals surface area contributed by atoms with Gasteiger partial charge in [-0.3, -0.25) is 4.79 Å². The third kappa shape index (κ3) is 4.21. The molecule has 5 nitrogen and oxygen atoms in total. The molecule has 0 bridgehead atoms. The van der Waals surface area contributed by atoms with Crippen molar-refractivity contribution in [2.24, 2.45) is 0 Å². The molecule has 0 radical (unpaired) electrons. The number of amides is 2. The largest absolute Gasteiger partial charge is 0.481 e. The van der Waals surface area contributed by atoms with E-state index in [9.17, 15) is 9.59 Å². The molecule has 2 N–H and O–H groups in total. The van der Waals surface area contributed by atoms with Crippen molar-refractivity contribution in [3.05, 3.63) is 29.8 Å². The number of carbonyl (C=O) groups excluding carboxylic acids is 1. The molecule has 1 aliphatic heterocycles. The summed E-state index contributed by atoms with van der Waals surface area (Å²) in [5, 5.41) is 11.8. The number of nitrogens with zero attached hydrogens (tertiary/aromatic N) is 1. The fourth-order valence-electron chi connectivity index (χ4n) is 2.70. The second-order valence-electron chi connectivity index (χ2n) is 5.42. The summed E-state index contributed by atoms with van der Waals surface area (Å²) in [7, 11) is 0. The molecule has 0 spiro atoms. The van der Waals surface area contributed by atoms with E-state index >= 15 is 0 Å². The number of hydrogen-bond acceptors (Lipinski definition) is 2. The molecular weight excluding hydrogens is 268 g/mol. The second kappa shape index (κ2) is 7.11. The van der Waals surface area contributed by atoms with Crippen LogP contribution in [0.1, 0.15) is 38.2 Å². The summed E-state index contributed by atoms with van der Waals surface area (Å²) in [5.74, 6) is -0.855. The minimum Gasteiger partial charge on any atom is -0.481 e. The molecule has 0 saturated carbocycles. The lowest BCUT2D eigenvalue weighted by atomic mass is 10.00. The molecule has 114 valence electrons. The number of piperidine rings is 1. The lowest BCUT2D eigenvalue weighted by Crippen LogP contribution is -2.46. The van der Waals surface area contributed by atoms with Crippen molar-refractivity contribution in [2.45, 2.75) is 45.1 Å². The van der Waals surface area contributed by atoms with Crippen LogP contribution in [0.2, 0.25) is 0 Å². The average molecular weight is 290 g/mol. The number of carbonyl (C=O) groups is 2. The van der Waals surface area contributed by atoms with E-state index in [2.05, 4.69) is 12.2 Å². The average Bonchev–Trinajstić information content (AvgIpc) is 2.48. The van der Waals surface area contributed by atoms with Crippen LogP contribution in [0.15, 0.2) is 24.3 Å². The van der Waals surface area contributed by atoms with Gasteiger partial charge in [-0.05, 0) is 43.4 Å². The van der Waals surface area contributed by atoms with Gasteiger partial charge in [0.05, 0.1) is 6.42 Å². The van der Waals surface area contributed by atoms with Gasteiger partial charge >= 0.3 is 12.0 Å². The van der Waals surface area contributed by atoms with Gasteiger partial charge in [0.25, 0.3) is 0 Å². The summed E-state index contributed by atoms with van der Waals surface area (Å²) < 4.78 is 0. The van der Waals surface area contributed by atoms with Crippen LogP contribution in [-0.4, -0.2) is 34.6 Å². The molecule has 1 fully saturated rings. The van der Waals surface area contributed by atoms with Crippen LogP contribution in [0.5, 0.6) is 0 Å². The molecule has 5 heteroatoms. The van der Waals surface area contributed by atoms with Crippen LogP contribution in [0.3, 0.4) is 0 Å². The van der Waals surface area contributed by atoms with Crippen LogP contribution in [0, 0.1) is 0 Å². The number of aliphatic carboxylic acids is 1. The normalized spacial score (nSPS) is 18.3. The van der Waals surface area contributed by atoms with Crippen LogP contribution in [-0.2, 0) is 11.2 Å². The number of rotatable bonds is 4. The Morgan fingerprint density at radius 3 is 2.62 bits per heavy atom. The van der Waals surface area contributed by atoms with Gasteiger partial charge in [-0.25, -0.2) is 4.79 Å². The number of aryl methyl sites for hydroxylation is 1. The maximum atomic E-state index is 12.3. The monoisotopic (exact) mass is 290 g/mol. The molecule has 2 amide bonds. The second-order valence-corrected chi connectivity index (χ2v) is 5.42. The summed E-state index contributed by atoms with van der Waals surface area (Å²) in [6.07, 6.45) is 3.64. The Hall–Kier alpha value is -2.04. The van der Waals surface area contributed by atoms with Crippen molar-refractivity contribution in [1.82, 2.24) is 4.90 Å². The first-order valence-corrected chi connectivity index (χ1v) is 7.48. The number of anilines is 1. The van der Waals surface area contributed by atoms with Gasteiger partial charge in [-0.2, -0.15) is 0 Å². The SMILES string of the molecule is CCc1ccc(NC(=O)N2CCCCC2CC(=O)O)cc1. The van der Waals surface area contributed by atoms with Crippen molar-refractivity contribution >= 4 is 17.7 Å². The lowest BCUT2D eigenvalue weighted by Gasteiger charge is -2.34.